The third-order valence-electron chi connectivity index (χ3n) is 3.46. The molecule has 128 valence electrons. The minimum Gasteiger partial charge on any atom is -0.266 e. The van der Waals surface area contributed by atoms with Gasteiger partial charge in [0.1, 0.15) is 17.3 Å². The number of thioether (sulfide) groups is 1. The summed E-state index contributed by atoms with van der Waals surface area (Å²) in [7, 11) is 0. The summed E-state index contributed by atoms with van der Waals surface area (Å²) in [4.78, 5) is 18.4. The van der Waals surface area contributed by atoms with Gasteiger partial charge in [0.15, 0.2) is 5.17 Å². The van der Waals surface area contributed by atoms with Crippen molar-refractivity contribution in [2.45, 2.75) is 6.92 Å². The van der Waals surface area contributed by atoms with Crippen molar-refractivity contribution in [1.29, 1.82) is 0 Å². The van der Waals surface area contributed by atoms with Gasteiger partial charge in [-0.2, -0.15) is 0 Å². The molecular weight excluding hydrogens is 366 g/mol. The molecule has 3 nitrogen and oxygen atoms in total. The van der Waals surface area contributed by atoms with Gasteiger partial charge in [-0.25, -0.2) is 13.8 Å². The van der Waals surface area contributed by atoms with E-state index in [4.69, 9.17) is 11.6 Å². The van der Waals surface area contributed by atoms with Gasteiger partial charge in [-0.05, 0) is 36.1 Å². The lowest BCUT2D eigenvalue weighted by Gasteiger charge is -2.17. The van der Waals surface area contributed by atoms with Crippen molar-refractivity contribution < 1.29 is 13.6 Å². The second-order valence-electron chi connectivity index (χ2n) is 5.12. The molecule has 0 spiro atoms. The molecular formula is C18H13ClF2N2OS. The van der Waals surface area contributed by atoms with Crippen LogP contribution < -0.4 is 4.90 Å². The van der Waals surface area contributed by atoms with Gasteiger partial charge in [-0.3, -0.25) is 9.69 Å². The van der Waals surface area contributed by atoms with Crippen LogP contribution in [0.1, 0.15) is 12.5 Å². The Hall–Kier alpha value is -2.18. The molecule has 0 N–H and O–H groups in total. The van der Waals surface area contributed by atoms with Crippen LogP contribution in [0.4, 0.5) is 14.5 Å². The predicted octanol–water partition coefficient (Wildman–Crippen LogP) is 5.12. The molecule has 0 bridgehead atoms. The Kier molecular flexibility index (Phi) is 5.20. The van der Waals surface area contributed by atoms with Gasteiger partial charge in [0.2, 0.25) is 0 Å². The highest BCUT2D eigenvalue weighted by Gasteiger charge is 2.32. The Labute approximate surface area is 153 Å². The minimum atomic E-state index is -0.569. The normalized spacial score (nSPS) is 15.8. The second kappa shape index (κ2) is 7.37. The van der Waals surface area contributed by atoms with E-state index < -0.39 is 17.5 Å². The van der Waals surface area contributed by atoms with E-state index in [0.717, 1.165) is 0 Å². The number of anilines is 1. The summed E-state index contributed by atoms with van der Waals surface area (Å²) in [6.45, 7) is 1.92. The predicted molar refractivity (Wildman–Crippen MR) is 98.8 cm³/mol. The summed E-state index contributed by atoms with van der Waals surface area (Å²) >= 11 is 7.19. The molecule has 0 aliphatic carbocycles. The van der Waals surface area contributed by atoms with Crippen molar-refractivity contribution in [3.8, 4) is 0 Å². The highest BCUT2D eigenvalue weighted by atomic mass is 35.5. The van der Waals surface area contributed by atoms with Crippen molar-refractivity contribution in [2.24, 2.45) is 4.99 Å². The highest BCUT2D eigenvalue weighted by molar-refractivity contribution is 8.14. The Morgan fingerprint density at radius 3 is 2.64 bits per heavy atom. The van der Waals surface area contributed by atoms with Gasteiger partial charge in [-0.1, -0.05) is 48.5 Å². The molecule has 0 unspecified atom stereocenters. The maximum absolute atomic E-state index is 13.9. The molecule has 0 aromatic heterocycles. The van der Waals surface area contributed by atoms with Crippen molar-refractivity contribution >= 4 is 46.2 Å². The number of nitrogens with zero attached hydrogens (tertiary/aromatic N) is 2. The zero-order valence-electron chi connectivity index (χ0n) is 13.2. The summed E-state index contributed by atoms with van der Waals surface area (Å²) < 4.78 is 27.3. The number of halogens is 3. The quantitative estimate of drug-likeness (QED) is 0.695. The maximum Gasteiger partial charge on any atom is 0.283 e. The van der Waals surface area contributed by atoms with Crippen molar-refractivity contribution in [3.05, 3.63) is 70.4 Å². The van der Waals surface area contributed by atoms with E-state index in [9.17, 15) is 13.6 Å². The molecule has 0 fully saturated rings. The number of carbonyl (C=O) groups is 1. The lowest BCUT2D eigenvalue weighted by atomic mass is 10.1. The van der Waals surface area contributed by atoms with Crippen LogP contribution in [0.15, 0.2) is 53.2 Å². The van der Waals surface area contributed by atoms with Crippen LogP contribution in [0.2, 0.25) is 5.02 Å². The summed E-state index contributed by atoms with van der Waals surface area (Å²) in [5, 5.41) is 0.357. The smallest absolute Gasteiger partial charge is 0.266 e. The number of benzene rings is 2. The van der Waals surface area contributed by atoms with Crippen LogP contribution in [0, 0.1) is 11.6 Å². The van der Waals surface area contributed by atoms with Crippen molar-refractivity contribution in [2.75, 3.05) is 10.7 Å². The first-order valence-electron chi connectivity index (χ1n) is 7.48. The lowest BCUT2D eigenvalue weighted by molar-refractivity contribution is -0.113. The molecule has 1 amide bonds. The first kappa shape index (κ1) is 17.6. The Morgan fingerprint density at radius 1 is 1.20 bits per heavy atom. The maximum atomic E-state index is 13.9. The number of hydrogen-bond acceptors (Lipinski definition) is 3. The Morgan fingerprint density at radius 2 is 1.96 bits per heavy atom. The standard InChI is InChI=1S/C18H13ClF2N2OS/c1-2-25-18-22-16(9-11-5-3-4-6-14(11)20)17(24)23(18)12-7-8-15(21)13(19)10-12/h3-10H,2H2,1H3. The fourth-order valence-corrected chi connectivity index (χ4v) is 3.23. The summed E-state index contributed by atoms with van der Waals surface area (Å²) in [5.41, 5.74) is 0.795. The zero-order chi connectivity index (χ0) is 18.0. The number of amidine groups is 1. The van der Waals surface area contributed by atoms with E-state index in [2.05, 4.69) is 4.99 Å². The number of hydrogen-bond donors (Lipinski definition) is 0. The van der Waals surface area contributed by atoms with Crippen LogP contribution in [0.3, 0.4) is 0 Å². The number of carbonyl (C=O) groups excluding carboxylic acids is 1. The molecule has 0 atom stereocenters. The molecule has 1 heterocycles. The third kappa shape index (κ3) is 3.60. The van der Waals surface area contributed by atoms with Crippen LogP contribution in [-0.4, -0.2) is 16.8 Å². The molecule has 2 aromatic carbocycles. The molecule has 25 heavy (non-hydrogen) atoms. The van der Waals surface area contributed by atoms with Gasteiger partial charge >= 0.3 is 0 Å². The number of rotatable bonds is 3. The van der Waals surface area contributed by atoms with Crippen molar-refractivity contribution in [1.82, 2.24) is 0 Å². The van der Waals surface area contributed by atoms with Gasteiger partial charge in [0, 0.05) is 5.56 Å². The second-order valence-corrected chi connectivity index (χ2v) is 6.76. The first-order chi connectivity index (χ1) is 12.0. The van der Waals surface area contributed by atoms with E-state index in [0.29, 0.717) is 16.6 Å². The minimum absolute atomic E-state index is 0.0855. The van der Waals surface area contributed by atoms with Gasteiger partial charge in [-0.15, -0.1) is 0 Å². The Bertz CT molecular complexity index is 898. The molecule has 2 aromatic rings. The lowest BCUT2D eigenvalue weighted by Crippen LogP contribution is -2.30. The van der Waals surface area contributed by atoms with Gasteiger partial charge in [0.25, 0.3) is 5.91 Å². The fraction of sp³-hybridized carbons (Fsp3) is 0.111. The van der Waals surface area contributed by atoms with Crippen LogP contribution in [0.25, 0.3) is 6.08 Å². The van der Waals surface area contributed by atoms with E-state index in [1.54, 1.807) is 18.2 Å². The zero-order valence-corrected chi connectivity index (χ0v) is 14.7. The fourth-order valence-electron chi connectivity index (χ4n) is 2.31. The molecule has 1 aliphatic heterocycles. The topological polar surface area (TPSA) is 32.7 Å². The molecule has 0 saturated heterocycles. The number of amides is 1. The monoisotopic (exact) mass is 378 g/mol. The molecule has 7 heteroatoms. The average Bonchev–Trinajstić information content (AvgIpc) is 2.88. The first-order valence-corrected chi connectivity index (χ1v) is 8.85. The highest BCUT2D eigenvalue weighted by Crippen LogP contribution is 2.31. The third-order valence-corrected chi connectivity index (χ3v) is 4.57. The van der Waals surface area contributed by atoms with Crippen molar-refractivity contribution in [3.63, 3.8) is 0 Å². The average molecular weight is 379 g/mol. The molecule has 1 aliphatic rings. The number of aliphatic imine (C=N–C) groups is 1. The van der Waals surface area contributed by atoms with E-state index in [1.807, 2.05) is 6.92 Å². The van der Waals surface area contributed by atoms with E-state index >= 15 is 0 Å². The van der Waals surface area contributed by atoms with Gasteiger partial charge < -0.3 is 0 Å². The van der Waals surface area contributed by atoms with E-state index in [-0.39, 0.29) is 16.3 Å². The van der Waals surface area contributed by atoms with E-state index in [1.165, 1.54) is 47.0 Å². The molecule has 0 saturated carbocycles. The summed E-state index contributed by atoms with van der Waals surface area (Å²) in [5.74, 6) is -0.737. The van der Waals surface area contributed by atoms with Crippen LogP contribution in [-0.2, 0) is 4.79 Å². The SMILES string of the molecule is CCSC1=NC(=Cc2ccccc2F)C(=O)N1c1ccc(F)c(Cl)c1. The van der Waals surface area contributed by atoms with Gasteiger partial charge in [0.05, 0.1) is 10.7 Å². The summed E-state index contributed by atoms with van der Waals surface area (Å²) in [6.07, 6.45) is 1.40. The Balaban J connectivity index is 2.03. The van der Waals surface area contributed by atoms with Crippen LogP contribution >= 0.6 is 23.4 Å². The van der Waals surface area contributed by atoms with Crippen LogP contribution in [0.5, 0.6) is 0 Å². The molecule has 0 radical (unpaired) electrons. The summed E-state index contributed by atoms with van der Waals surface area (Å²) in [6, 6.07) is 10.1. The molecule has 3 rings (SSSR count). The largest absolute Gasteiger partial charge is 0.283 e.